The molecule has 20 heavy (non-hydrogen) atoms. The molecule has 0 aliphatic heterocycles. The van der Waals surface area contributed by atoms with Crippen LogP contribution in [0.25, 0.3) is 0 Å². The van der Waals surface area contributed by atoms with E-state index >= 15 is 0 Å². The summed E-state index contributed by atoms with van der Waals surface area (Å²) in [7, 11) is 0. The van der Waals surface area contributed by atoms with Crippen LogP contribution in [0.2, 0.25) is 0 Å². The van der Waals surface area contributed by atoms with Gasteiger partial charge in [0, 0.05) is 18.0 Å². The van der Waals surface area contributed by atoms with Crippen LogP contribution in [0.4, 0.5) is 5.82 Å². The van der Waals surface area contributed by atoms with Crippen LogP contribution in [-0.2, 0) is 0 Å². The van der Waals surface area contributed by atoms with Crippen LogP contribution in [-0.4, -0.2) is 27.8 Å². The average Bonchev–Trinajstić information content (AvgIpc) is 2.76. The van der Waals surface area contributed by atoms with Crippen LogP contribution in [0.15, 0.2) is 22.7 Å². The number of aryl methyl sites for hydroxylation is 2. The van der Waals surface area contributed by atoms with Crippen LogP contribution in [0.1, 0.15) is 40.3 Å². The Morgan fingerprint density at radius 2 is 2.20 bits per heavy atom. The molecule has 0 aliphatic rings. The molecule has 0 saturated carbocycles. The van der Waals surface area contributed by atoms with Crippen molar-refractivity contribution in [3.8, 4) is 0 Å². The average molecular weight is 275 g/mol. The second-order valence-electron chi connectivity index (χ2n) is 4.73. The van der Waals surface area contributed by atoms with Crippen LogP contribution in [0.5, 0.6) is 0 Å². The molecule has 0 spiro atoms. The molecule has 0 radical (unpaired) electrons. The summed E-state index contributed by atoms with van der Waals surface area (Å²) in [5.74, 6) is 0.511. The molecule has 1 atom stereocenters. The van der Waals surface area contributed by atoms with E-state index in [-0.39, 0.29) is 11.6 Å². The summed E-state index contributed by atoms with van der Waals surface area (Å²) in [4.78, 5) is 14.9. The molecule has 2 heterocycles. The number of hydrogen-bond acceptors (Lipinski definition) is 5. The zero-order valence-electron chi connectivity index (χ0n) is 11.7. The van der Waals surface area contributed by atoms with Crippen molar-refractivity contribution in [1.82, 2.24) is 10.1 Å². The lowest BCUT2D eigenvalue weighted by atomic mass is 9.99. The third-order valence-electron chi connectivity index (χ3n) is 3.14. The van der Waals surface area contributed by atoms with E-state index in [2.05, 4.69) is 22.4 Å². The molecular weight excluding hydrogens is 258 g/mol. The van der Waals surface area contributed by atoms with Crippen molar-refractivity contribution in [2.75, 3.05) is 11.9 Å². The first kappa shape index (κ1) is 14.0. The zero-order valence-corrected chi connectivity index (χ0v) is 11.7. The van der Waals surface area contributed by atoms with E-state index in [0.717, 1.165) is 17.0 Å². The molecule has 0 saturated heterocycles. The molecule has 0 amide bonds. The van der Waals surface area contributed by atoms with Crippen LogP contribution in [0.3, 0.4) is 0 Å². The first-order chi connectivity index (χ1) is 9.49. The molecule has 0 bridgehead atoms. The van der Waals surface area contributed by atoms with Crippen molar-refractivity contribution in [2.45, 2.75) is 26.7 Å². The fourth-order valence-corrected chi connectivity index (χ4v) is 2.21. The molecule has 0 aromatic carbocycles. The molecule has 2 rings (SSSR count). The lowest BCUT2D eigenvalue weighted by Gasteiger charge is -2.13. The van der Waals surface area contributed by atoms with Gasteiger partial charge in [-0.25, -0.2) is 9.78 Å². The van der Waals surface area contributed by atoms with Gasteiger partial charge in [-0.1, -0.05) is 18.1 Å². The number of pyridine rings is 1. The molecule has 6 nitrogen and oxygen atoms in total. The number of carboxylic acids is 1. The highest BCUT2D eigenvalue weighted by molar-refractivity contribution is 5.85. The fourth-order valence-electron chi connectivity index (χ4n) is 2.21. The molecule has 2 aromatic heterocycles. The first-order valence-electron chi connectivity index (χ1n) is 6.36. The summed E-state index contributed by atoms with van der Waals surface area (Å²) in [6.45, 7) is 6.47. The van der Waals surface area contributed by atoms with Gasteiger partial charge in [0.1, 0.15) is 11.6 Å². The maximum atomic E-state index is 10.9. The molecular formula is C14H17N3O3. The Bertz CT molecular complexity index is 602. The predicted molar refractivity (Wildman–Crippen MR) is 74.1 cm³/mol. The molecule has 106 valence electrons. The number of rotatable bonds is 5. The highest BCUT2D eigenvalue weighted by Crippen LogP contribution is 2.23. The molecule has 6 heteroatoms. The van der Waals surface area contributed by atoms with E-state index in [1.54, 1.807) is 12.1 Å². The number of aromatic carboxylic acids is 1. The van der Waals surface area contributed by atoms with Crippen LogP contribution >= 0.6 is 0 Å². The Kier molecular flexibility index (Phi) is 4.02. The maximum Gasteiger partial charge on any atom is 0.354 e. The van der Waals surface area contributed by atoms with Gasteiger partial charge in [-0.2, -0.15) is 0 Å². The van der Waals surface area contributed by atoms with Gasteiger partial charge in [0.15, 0.2) is 5.69 Å². The summed E-state index contributed by atoms with van der Waals surface area (Å²) in [5.41, 5.74) is 1.98. The minimum atomic E-state index is -1.03. The SMILES string of the molecule is Cc1noc(C)c1C(C)CNc1cccc(C(=O)O)n1. The van der Waals surface area contributed by atoms with Gasteiger partial charge in [0.05, 0.1) is 5.69 Å². The Balaban J connectivity index is 2.05. The summed E-state index contributed by atoms with van der Waals surface area (Å²) >= 11 is 0. The number of nitrogens with zero attached hydrogens (tertiary/aromatic N) is 2. The van der Waals surface area contributed by atoms with Crippen molar-refractivity contribution < 1.29 is 14.4 Å². The van der Waals surface area contributed by atoms with Gasteiger partial charge < -0.3 is 14.9 Å². The summed E-state index contributed by atoms with van der Waals surface area (Å²) in [5, 5.41) is 16.0. The number of carboxylic acid groups (broad SMARTS) is 1. The number of nitrogens with one attached hydrogen (secondary N) is 1. The highest BCUT2D eigenvalue weighted by atomic mass is 16.5. The fraction of sp³-hybridized carbons (Fsp3) is 0.357. The van der Waals surface area contributed by atoms with Gasteiger partial charge in [0.2, 0.25) is 0 Å². The lowest BCUT2D eigenvalue weighted by molar-refractivity contribution is 0.0690. The smallest absolute Gasteiger partial charge is 0.354 e. The quantitative estimate of drug-likeness (QED) is 0.872. The van der Waals surface area contributed by atoms with Gasteiger partial charge in [-0.15, -0.1) is 0 Å². The molecule has 0 fully saturated rings. The second-order valence-corrected chi connectivity index (χ2v) is 4.73. The molecule has 1 unspecified atom stereocenters. The number of anilines is 1. The van der Waals surface area contributed by atoms with Gasteiger partial charge in [-0.05, 0) is 26.0 Å². The highest BCUT2D eigenvalue weighted by Gasteiger charge is 2.16. The molecule has 2 N–H and O–H groups in total. The van der Waals surface area contributed by atoms with Crippen molar-refractivity contribution in [3.63, 3.8) is 0 Å². The first-order valence-corrected chi connectivity index (χ1v) is 6.36. The Hall–Kier alpha value is -2.37. The minimum absolute atomic E-state index is 0.0278. The Morgan fingerprint density at radius 3 is 2.80 bits per heavy atom. The Labute approximate surface area is 116 Å². The van der Waals surface area contributed by atoms with Crippen LogP contribution < -0.4 is 5.32 Å². The Morgan fingerprint density at radius 1 is 1.45 bits per heavy atom. The van der Waals surface area contributed by atoms with E-state index in [1.165, 1.54) is 6.07 Å². The minimum Gasteiger partial charge on any atom is -0.477 e. The van der Waals surface area contributed by atoms with E-state index in [0.29, 0.717) is 12.4 Å². The van der Waals surface area contributed by atoms with Gasteiger partial charge >= 0.3 is 5.97 Å². The zero-order chi connectivity index (χ0) is 14.7. The largest absolute Gasteiger partial charge is 0.477 e. The number of hydrogen-bond donors (Lipinski definition) is 2. The van der Waals surface area contributed by atoms with E-state index in [4.69, 9.17) is 9.63 Å². The monoisotopic (exact) mass is 275 g/mol. The van der Waals surface area contributed by atoms with Gasteiger partial charge in [0.25, 0.3) is 0 Å². The second kappa shape index (κ2) is 5.73. The lowest BCUT2D eigenvalue weighted by Crippen LogP contribution is -2.13. The third kappa shape index (κ3) is 2.96. The number of carbonyl (C=O) groups is 1. The standard InChI is InChI=1S/C14H17N3O3/c1-8(13-9(2)17-20-10(13)3)7-15-12-6-4-5-11(16-12)14(18)19/h4-6,8H,7H2,1-3H3,(H,15,16)(H,18,19). The molecule has 0 aliphatic carbocycles. The summed E-state index contributed by atoms with van der Waals surface area (Å²) in [6, 6.07) is 4.87. The summed E-state index contributed by atoms with van der Waals surface area (Å²) < 4.78 is 5.15. The van der Waals surface area contributed by atoms with Crippen molar-refractivity contribution in [3.05, 3.63) is 40.9 Å². The third-order valence-corrected chi connectivity index (χ3v) is 3.14. The maximum absolute atomic E-state index is 10.9. The number of aromatic nitrogens is 2. The topological polar surface area (TPSA) is 88.2 Å². The van der Waals surface area contributed by atoms with Crippen LogP contribution in [0, 0.1) is 13.8 Å². The van der Waals surface area contributed by atoms with E-state index in [1.807, 2.05) is 13.8 Å². The van der Waals surface area contributed by atoms with E-state index < -0.39 is 5.97 Å². The van der Waals surface area contributed by atoms with Gasteiger partial charge in [-0.3, -0.25) is 0 Å². The van der Waals surface area contributed by atoms with Crippen molar-refractivity contribution >= 4 is 11.8 Å². The predicted octanol–water partition coefficient (Wildman–Crippen LogP) is 2.60. The molecule has 2 aromatic rings. The van der Waals surface area contributed by atoms with Crippen molar-refractivity contribution in [1.29, 1.82) is 0 Å². The van der Waals surface area contributed by atoms with Crippen molar-refractivity contribution in [2.24, 2.45) is 0 Å². The van der Waals surface area contributed by atoms with E-state index in [9.17, 15) is 4.79 Å². The summed E-state index contributed by atoms with van der Waals surface area (Å²) in [6.07, 6.45) is 0. The normalized spacial score (nSPS) is 12.2.